The van der Waals surface area contributed by atoms with E-state index in [0.717, 1.165) is 19.4 Å². The van der Waals surface area contributed by atoms with E-state index < -0.39 is 6.03 Å². The maximum absolute atomic E-state index is 11.7. The van der Waals surface area contributed by atoms with E-state index in [1.165, 1.54) is 22.0 Å². The maximum atomic E-state index is 11.7. The predicted octanol–water partition coefficient (Wildman–Crippen LogP) is 2.42. The number of carbonyl (C=O) groups is 1. The number of likely N-dealkylation sites (N-methyl/N-ethyl adjacent to an activating group) is 1. The molecule has 3 atom stereocenters. The third kappa shape index (κ3) is 2.82. The van der Waals surface area contributed by atoms with Gasteiger partial charge in [-0.3, -0.25) is 0 Å². The number of benzene rings is 1. The van der Waals surface area contributed by atoms with Crippen LogP contribution in [0.3, 0.4) is 0 Å². The van der Waals surface area contributed by atoms with Gasteiger partial charge in [0.05, 0.1) is 12.5 Å². The average molecular weight is 351 g/mol. The minimum Gasteiger partial charge on any atom is -0.361 e. The molecular weight excluding hydrogens is 326 g/mol. The molecule has 1 aliphatic carbocycles. The minimum atomic E-state index is -0.427. The zero-order chi connectivity index (χ0) is 18.3. The summed E-state index contributed by atoms with van der Waals surface area (Å²) >= 11 is 0. The summed E-state index contributed by atoms with van der Waals surface area (Å²) in [5.74, 6) is 0.833. The molecule has 6 nitrogen and oxygen atoms in total. The van der Waals surface area contributed by atoms with Crippen LogP contribution < -0.4 is 5.73 Å². The molecule has 2 aromatic rings. The molecule has 4 rings (SSSR count). The van der Waals surface area contributed by atoms with Crippen LogP contribution in [0.15, 0.2) is 24.4 Å². The van der Waals surface area contributed by atoms with Crippen molar-refractivity contribution in [3.8, 4) is 6.07 Å². The average Bonchev–Trinajstić information content (AvgIpc) is 3.04. The lowest BCUT2D eigenvalue weighted by atomic mass is 9.72. The summed E-state index contributed by atoms with van der Waals surface area (Å²) in [5.41, 5.74) is 9.59. The number of carbonyl (C=O) groups excluding carboxylic acids is 1. The summed E-state index contributed by atoms with van der Waals surface area (Å²) in [6.07, 6.45) is 4.60. The van der Waals surface area contributed by atoms with Gasteiger partial charge in [0, 0.05) is 48.7 Å². The van der Waals surface area contributed by atoms with Gasteiger partial charge in [-0.05, 0) is 43.0 Å². The summed E-state index contributed by atoms with van der Waals surface area (Å²) in [6.45, 7) is 1.99. The van der Waals surface area contributed by atoms with Gasteiger partial charge in [0.25, 0.3) is 0 Å². The first-order chi connectivity index (χ1) is 12.6. The van der Waals surface area contributed by atoms with Gasteiger partial charge in [0.1, 0.15) is 0 Å². The quantitative estimate of drug-likeness (QED) is 0.886. The Hall–Kier alpha value is -2.52. The molecular formula is C20H25N5O. The Morgan fingerprint density at radius 2 is 2.35 bits per heavy atom. The van der Waals surface area contributed by atoms with E-state index in [2.05, 4.69) is 47.4 Å². The van der Waals surface area contributed by atoms with Gasteiger partial charge in [0.15, 0.2) is 0 Å². The summed E-state index contributed by atoms with van der Waals surface area (Å²) in [6, 6.07) is 8.71. The Bertz CT molecular complexity index is 867. The van der Waals surface area contributed by atoms with Crippen LogP contribution in [0, 0.1) is 17.2 Å². The van der Waals surface area contributed by atoms with Crippen LogP contribution in [0.25, 0.3) is 10.9 Å². The Labute approximate surface area is 153 Å². The summed E-state index contributed by atoms with van der Waals surface area (Å²) < 4.78 is 0. The number of amides is 2. The minimum absolute atomic E-state index is 0.323. The largest absolute Gasteiger partial charge is 0.361 e. The van der Waals surface area contributed by atoms with Crippen molar-refractivity contribution < 1.29 is 4.79 Å². The monoisotopic (exact) mass is 351 g/mol. The lowest BCUT2D eigenvalue weighted by Crippen LogP contribution is -2.51. The highest BCUT2D eigenvalue weighted by Gasteiger charge is 2.39. The van der Waals surface area contributed by atoms with Crippen molar-refractivity contribution in [3.63, 3.8) is 0 Å². The van der Waals surface area contributed by atoms with E-state index in [1.807, 2.05) is 0 Å². The van der Waals surface area contributed by atoms with Gasteiger partial charge in [0.2, 0.25) is 0 Å². The van der Waals surface area contributed by atoms with Crippen LogP contribution in [0.4, 0.5) is 4.79 Å². The lowest BCUT2D eigenvalue weighted by molar-refractivity contribution is 0.0941. The normalized spacial score (nSPS) is 24.8. The molecule has 1 fully saturated rings. The molecule has 2 aliphatic rings. The second-order valence-corrected chi connectivity index (χ2v) is 7.70. The third-order valence-electron chi connectivity index (χ3n) is 6.10. The summed E-state index contributed by atoms with van der Waals surface area (Å²) in [4.78, 5) is 19.2. The zero-order valence-electron chi connectivity index (χ0n) is 15.1. The highest BCUT2D eigenvalue weighted by molar-refractivity contribution is 5.88. The van der Waals surface area contributed by atoms with Crippen molar-refractivity contribution in [1.29, 1.82) is 5.26 Å². The molecule has 0 radical (unpaired) electrons. The van der Waals surface area contributed by atoms with E-state index in [4.69, 9.17) is 11.0 Å². The molecule has 1 aromatic carbocycles. The van der Waals surface area contributed by atoms with Crippen molar-refractivity contribution in [2.24, 2.45) is 11.7 Å². The molecule has 26 heavy (non-hydrogen) atoms. The van der Waals surface area contributed by atoms with Crippen molar-refractivity contribution in [3.05, 3.63) is 35.5 Å². The topological polar surface area (TPSA) is 89.2 Å². The van der Waals surface area contributed by atoms with Gasteiger partial charge in [-0.25, -0.2) is 4.79 Å². The van der Waals surface area contributed by atoms with Crippen molar-refractivity contribution >= 4 is 16.9 Å². The summed E-state index contributed by atoms with van der Waals surface area (Å²) in [5, 5.41) is 10.2. The Morgan fingerprint density at radius 1 is 1.50 bits per heavy atom. The van der Waals surface area contributed by atoms with Crippen molar-refractivity contribution in [2.75, 3.05) is 26.7 Å². The van der Waals surface area contributed by atoms with E-state index in [9.17, 15) is 4.79 Å². The van der Waals surface area contributed by atoms with E-state index in [1.54, 1.807) is 4.90 Å². The molecule has 2 heterocycles. The first-order valence-electron chi connectivity index (χ1n) is 9.29. The number of nitrogens with one attached hydrogen (secondary N) is 1. The maximum Gasteiger partial charge on any atom is 0.314 e. The highest BCUT2D eigenvalue weighted by atomic mass is 16.2. The molecule has 1 saturated heterocycles. The number of piperidine rings is 1. The van der Waals surface area contributed by atoms with Gasteiger partial charge in [-0.2, -0.15) is 5.26 Å². The van der Waals surface area contributed by atoms with Crippen LogP contribution in [0.5, 0.6) is 0 Å². The van der Waals surface area contributed by atoms with Gasteiger partial charge in [-0.15, -0.1) is 0 Å². The third-order valence-corrected chi connectivity index (χ3v) is 6.10. The van der Waals surface area contributed by atoms with Gasteiger partial charge < -0.3 is 20.5 Å². The van der Waals surface area contributed by atoms with Crippen molar-refractivity contribution in [2.45, 2.75) is 31.2 Å². The van der Waals surface area contributed by atoms with Crippen LogP contribution in [0.2, 0.25) is 0 Å². The number of nitrogens with zero attached hydrogens (tertiary/aromatic N) is 3. The SMILES string of the molecule is CN1C[C@H](CN(CCC#N)C(N)=O)C[C@@H]2c3cccc4[nH]cc(c34)C[C@H]21. The second kappa shape index (κ2) is 6.65. The van der Waals surface area contributed by atoms with E-state index >= 15 is 0 Å². The van der Waals surface area contributed by atoms with Gasteiger partial charge in [-0.1, -0.05) is 12.1 Å². The first kappa shape index (κ1) is 16.9. The fraction of sp³-hybridized carbons (Fsp3) is 0.500. The fourth-order valence-corrected chi connectivity index (χ4v) is 4.97. The molecule has 1 aliphatic heterocycles. The molecule has 3 N–H and O–H groups in total. The molecule has 0 bridgehead atoms. The molecule has 136 valence electrons. The van der Waals surface area contributed by atoms with Crippen LogP contribution in [-0.2, 0) is 6.42 Å². The van der Waals surface area contributed by atoms with Crippen LogP contribution in [0.1, 0.15) is 29.9 Å². The highest BCUT2D eigenvalue weighted by Crippen LogP contribution is 2.44. The number of nitrogens with two attached hydrogens (primary N) is 1. The number of hydrogen-bond acceptors (Lipinski definition) is 3. The standard InChI is InChI=1S/C20H25N5O/c1-24-11-13(12-25(20(22)26)7-3-6-21)8-16-15-4-2-5-17-19(15)14(10-23-17)9-18(16)24/h2,4-5,10,13,16,18,23H,3,7-9,11-12H2,1H3,(H2,22,26)/t13-,16-,18-/m1/s1. The fourth-order valence-electron chi connectivity index (χ4n) is 4.97. The predicted molar refractivity (Wildman–Crippen MR) is 101 cm³/mol. The summed E-state index contributed by atoms with van der Waals surface area (Å²) in [7, 11) is 2.19. The van der Waals surface area contributed by atoms with Gasteiger partial charge >= 0.3 is 6.03 Å². The molecule has 2 amide bonds. The van der Waals surface area contributed by atoms with Crippen LogP contribution in [-0.4, -0.2) is 53.5 Å². The lowest BCUT2D eigenvalue weighted by Gasteiger charge is -2.46. The zero-order valence-corrected chi connectivity index (χ0v) is 15.1. The van der Waals surface area contributed by atoms with E-state index in [0.29, 0.717) is 37.4 Å². The Morgan fingerprint density at radius 3 is 3.12 bits per heavy atom. The number of urea groups is 1. The molecule has 1 aromatic heterocycles. The number of primary amides is 1. The number of aromatic nitrogens is 1. The number of nitriles is 1. The second-order valence-electron chi connectivity index (χ2n) is 7.70. The molecule has 0 saturated carbocycles. The number of aromatic amines is 1. The number of H-pyrrole nitrogens is 1. The molecule has 0 unspecified atom stereocenters. The van der Waals surface area contributed by atoms with Crippen molar-refractivity contribution in [1.82, 2.24) is 14.8 Å². The number of likely N-dealkylation sites (tertiary alicyclic amines) is 1. The molecule has 6 heteroatoms. The van der Waals surface area contributed by atoms with Crippen LogP contribution >= 0.6 is 0 Å². The smallest absolute Gasteiger partial charge is 0.314 e. The van der Waals surface area contributed by atoms with E-state index in [-0.39, 0.29) is 0 Å². The number of fused-ring (bicyclic) bond motifs is 2. The number of rotatable bonds is 4. The first-order valence-corrected chi connectivity index (χ1v) is 9.29. The Kier molecular flexibility index (Phi) is 4.33. The molecule has 0 spiro atoms. The number of hydrogen-bond donors (Lipinski definition) is 2. The Balaban J connectivity index is 1.59.